The van der Waals surface area contributed by atoms with Gasteiger partial charge in [-0.2, -0.15) is 0 Å². The zero-order valence-electron chi connectivity index (χ0n) is 12.4. The van der Waals surface area contributed by atoms with Gasteiger partial charge in [0.1, 0.15) is 6.04 Å². The molecule has 0 aliphatic carbocycles. The van der Waals surface area contributed by atoms with Crippen molar-refractivity contribution in [2.75, 3.05) is 27.3 Å². The van der Waals surface area contributed by atoms with Crippen molar-refractivity contribution in [1.82, 2.24) is 10.2 Å². The predicted octanol–water partition coefficient (Wildman–Crippen LogP) is 1.12. The van der Waals surface area contributed by atoms with Crippen molar-refractivity contribution >= 4 is 5.91 Å². The van der Waals surface area contributed by atoms with Gasteiger partial charge in [-0.15, -0.1) is 0 Å². The number of nitrogens with one attached hydrogen (secondary N) is 1. The van der Waals surface area contributed by atoms with E-state index in [4.69, 9.17) is 9.47 Å². The molecule has 1 N–H and O–H groups in total. The Labute approximate surface area is 124 Å². The highest BCUT2D eigenvalue weighted by Gasteiger charge is 2.27. The number of benzene rings is 1. The van der Waals surface area contributed by atoms with Gasteiger partial charge in [0.05, 0.1) is 14.2 Å². The van der Waals surface area contributed by atoms with Crippen LogP contribution in [0, 0.1) is 0 Å². The van der Waals surface area contributed by atoms with E-state index in [2.05, 4.69) is 5.32 Å². The number of fused-ring (bicyclic) bond motifs is 1. The molecule has 112 valence electrons. The minimum atomic E-state index is -0.174. The summed E-state index contributed by atoms with van der Waals surface area (Å²) in [5.41, 5.74) is 2.36. The van der Waals surface area contributed by atoms with Gasteiger partial charge in [-0.05, 0) is 29.7 Å². The molecule has 1 aromatic carbocycles. The maximum atomic E-state index is 12.4. The quantitative estimate of drug-likeness (QED) is 0.847. The Kier molecular flexibility index (Phi) is 3.84. The first kappa shape index (κ1) is 13.9. The first-order chi connectivity index (χ1) is 10.2. The van der Waals surface area contributed by atoms with Crippen molar-refractivity contribution in [2.24, 2.45) is 0 Å². The first-order valence-corrected chi connectivity index (χ1v) is 7.15. The molecule has 0 saturated carbocycles. The summed E-state index contributed by atoms with van der Waals surface area (Å²) in [6.07, 6.45) is 4.78. The van der Waals surface area contributed by atoms with Crippen LogP contribution in [0.15, 0.2) is 24.3 Å². The topological polar surface area (TPSA) is 50.8 Å². The number of rotatable bonds is 3. The molecule has 0 unspecified atom stereocenters. The zero-order chi connectivity index (χ0) is 14.8. The lowest BCUT2D eigenvalue weighted by Gasteiger charge is -2.31. The summed E-state index contributed by atoms with van der Waals surface area (Å²) in [6, 6.07) is 3.82. The van der Waals surface area contributed by atoms with Gasteiger partial charge in [0.25, 0.3) is 0 Å². The molecule has 2 aliphatic heterocycles. The van der Waals surface area contributed by atoms with Crippen LogP contribution in [0.1, 0.15) is 11.1 Å². The van der Waals surface area contributed by atoms with Crippen LogP contribution in [-0.4, -0.2) is 44.2 Å². The molecular formula is C16H20N2O3. The molecule has 0 fully saturated rings. The minimum absolute atomic E-state index is 0.143. The monoisotopic (exact) mass is 288 g/mol. The summed E-state index contributed by atoms with van der Waals surface area (Å²) in [4.78, 5) is 14.3. The first-order valence-electron chi connectivity index (χ1n) is 7.15. The van der Waals surface area contributed by atoms with E-state index < -0.39 is 0 Å². The SMILES string of the molecule is COc1cc2c(cc1OC)CN(C(=O)[C@H]1C=CCN1)CC2. The molecule has 1 aromatic rings. The van der Waals surface area contributed by atoms with Crippen molar-refractivity contribution in [1.29, 1.82) is 0 Å². The molecule has 5 nitrogen and oxygen atoms in total. The van der Waals surface area contributed by atoms with E-state index in [-0.39, 0.29) is 11.9 Å². The Balaban J connectivity index is 1.81. The number of hydrogen-bond donors (Lipinski definition) is 1. The van der Waals surface area contributed by atoms with Crippen molar-refractivity contribution in [3.8, 4) is 11.5 Å². The van der Waals surface area contributed by atoms with Crippen LogP contribution in [0.25, 0.3) is 0 Å². The van der Waals surface area contributed by atoms with E-state index in [1.807, 2.05) is 29.2 Å². The molecule has 5 heteroatoms. The lowest BCUT2D eigenvalue weighted by Crippen LogP contribution is -2.45. The third kappa shape index (κ3) is 2.61. The van der Waals surface area contributed by atoms with Gasteiger partial charge < -0.3 is 14.4 Å². The number of ether oxygens (including phenoxy) is 2. The molecule has 0 bridgehead atoms. The fourth-order valence-corrected chi connectivity index (χ4v) is 2.90. The standard InChI is InChI=1S/C16H20N2O3/c1-20-14-8-11-5-7-18(10-12(11)9-15(14)21-2)16(19)13-4-3-6-17-13/h3-4,8-9,13,17H,5-7,10H2,1-2H3/t13-/m1/s1. The van der Waals surface area contributed by atoms with E-state index >= 15 is 0 Å². The van der Waals surface area contributed by atoms with Gasteiger partial charge in [0, 0.05) is 19.6 Å². The number of hydrogen-bond acceptors (Lipinski definition) is 4. The summed E-state index contributed by atoms with van der Waals surface area (Å²) in [6.45, 7) is 2.14. The van der Waals surface area contributed by atoms with Crippen LogP contribution in [0.3, 0.4) is 0 Å². The minimum Gasteiger partial charge on any atom is -0.493 e. The zero-order valence-corrected chi connectivity index (χ0v) is 12.4. The Hall–Kier alpha value is -2.01. The number of nitrogens with zero attached hydrogens (tertiary/aromatic N) is 1. The second-order valence-electron chi connectivity index (χ2n) is 5.30. The average molecular weight is 288 g/mol. The molecule has 21 heavy (non-hydrogen) atoms. The van der Waals surface area contributed by atoms with E-state index in [1.54, 1.807) is 14.2 Å². The Morgan fingerprint density at radius 1 is 1.24 bits per heavy atom. The number of carbonyl (C=O) groups excluding carboxylic acids is 1. The lowest BCUT2D eigenvalue weighted by molar-refractivity contribution is -0.133. The highest BCUT2D eigenvalue weighted by molar-refractivity contribution is 5.84. The third-order valence-electron chi connectivity index (χ3n) is 4.08. The van der Waals surface area contributed by atoms with Crippen LogP contribution in [-0.2, 0) is 17.8 Å². The van der Waals surface area contributed by atoms with Crippen LogP contribution in [0.5, 0.6) is 11.5 Å². The van der Waals surface area contributed by atoms with Gasteiger partial charge in [-0.1, -0.05) is 12.2 Å². The molecular weight excluding hydrogens is 268 g/mol. The summed E-state index contributed by atoms with van der Waals surface area (Å²) in [5.74, 6) is 1.60. The van der Waals surface area contributed by atoms with Gasteiger partial charge in [-0.3, -0.25) is 10.1 Å². The smallest absolute Gasteiger partial charge is 0.244 e. The van der Waals surface area contributed by atoms with Crippen molar-refractivity contribution in [3.05, 3.63) is 35.4 Å². The van der Waals surface area contributed by atoms with E-state index in [0.717, 1.165) is 30.8 Å². The van der Waals surface area contributed by atoms with Crippen molar-refractivity contribution in [3.63, 3.8) is 0 Å². The summed E-state index contributed by atoms with van der Waals surface area (Å²) in [7, 11) is 3.27. The van der Waals surface area contributed by atoms with Crippen LogP contribution < -0.4 is 14.8 Å². The molecule has 2 aliphatic rings. The van der Waals surface area contributed by atoms with E-state index in [1.165, 1.54) is 5.56 Å². The molecule has 0 aromatic heterocycles. The summed E-state index contributed by atoms with van der Waals surface area (Å²) in [5, 5.41) is 3.17. The van der Waals surface area contributed by atoms with E-state index in [0.29, 0.717) is 12.3 Å². The number of carbonyl (C=O) groups is 1. The molecule has 0 saturated heterocycles. The van der Waals surface area contributed by atoms with Gasteiger partial charge in [0.15, 0.2) is 11.5 Å². The summed E-state index contributed by atoms with van der Waals surface area (Å²) >= 11 is 0. The maximum absolute atomic E-state index is 12.4. The molecule has 1 atom stereocenters. The molecule has 0 spiro atoms. The number of amides is 1. The molecule has 2 heterocycles. The van der Waals surface area contributed by atoms with Gasteiger partial charge >= 0.3 is 0 Å². The average Bonchev–Trinajstić information content (AvgIpc) is 3.06. The highest BCUT2D eigenvalue weighted by Crippen LogP contribution is 2.33. The Morgan fingerprint density at radius 2 is 1.95 bits per heavy atom. The molecule has 1 amide bonds. The van der Waals surface area contributed by atoms with Crippen LogP contribution in [0.4, 0.5) is 0 Å². The summed E-state index contributed by atoms with van der Waals surface area (Å²) < 4.78 is 10.7. The largest absolute Gasteiger partial charge is 0.493 e. The Bertz CT molecular complexity index is 583. The van der Waals surface area contributed by atoms with Crippen molar-refractivity contribution < 1.29 is 14.3 Å². The normalized spacial score (nSPS) is 20.3. The maximum Gasteiger partial charge on any atom is 0.244 e. The van der Waals surface area contributed by atoms with Crippen molar-refractivity contribution in [2.45, 2.75) is 19.0 Å². The highest BCUT2D eigenvalue weighted by atomic mass is 16.5. The Morgan fingerprint density at radius 3 is 2.57 bits per heavy atom. The van der Waals surface area contributed by atoms with Crippen LogP contribution >= 0.6 is 0 Å². The predicted molar refractivity (Wildman–Crippen MR) is 79.6 cm³/mol. The number of methoxy groups -OCH3 is 2. The lowest BCUT2D eigenvalue weighted by atomic mass is 9.98. The second-order valence-corrected chi connectivity index (χ2v) is 5.30. The fourth-order valence-electron chi connectivity index (χ4n) is 2.90. The van der Waals surface area contributed by atoms with Gasteiger partial charge in [-0.25, -0.2) is 0 Å². The fraction of sp³-hybridized carbons (Fsp3) is 0.438. The third-order valence-corrected chi connectivity index (χ3v) is 4.08. The van der Waals surface area contributed by atoms with E-state index in [9.17, 15) is 4.79 Å². The van der Waals surface area contributed by atoms with Crippen LogP contribution in [0.2, 0.25) is 0 Å². The molecule has 3 rings (SSSR count). The molecule has 0 radical (unpaired) electrons. The van der Waals surface area contributed by atoms with Gasteiger partial charge in [0.2, 0.25) is 5.91 Å². The second kappa shape index (κ2) is 5.77.